The predicted octanol–water partition coefficient (Wildman–Crippen LogP) is 2.56. The van der Waals surface area contributed by atoms with Gasteiger partial charge in [0.1, 0.15) is 6.10 Å². The molecule has 1 aliphatic heterocycles. The average Bonchev–Trinajstić information content (AvgIpc) is 2.93. The SMILES string of the molecule is COC1C2SC3C(OC(=O)c4ccc(C(C)=O)cc4)[C@@H]1C[C@@H]23. The molecule has 4 unspecified atom stereocenters. The molecule has 3 fully saturated rings. The minimum Gasteiger partial charge on any atom is -0.457 e. The fraction of sp³-hybridized carbons (Fsp3) is 0.529. The van der Waals surface area contributed by atoms with E-state index in [0.29, 0.717) is 33.5 Å². The molecule has 6 atom stereocenters. The number of methoxy groups -OCH3 is 1. The lowest BCUT2D eigenvalue weighted by Gasteiger charge is -2.48. The summed E-state index contributed by atoms with van der Waals surface area (Å²) in [6, 6.07) is 6.67. The van der Waals surface area contributed by atoms with Crippen LogP contribution in [0.1, 0.15) is 34.1 Å². The van der Waals surface area contributed by atoms with E-state index in [1.165, 1.54) is 6.92 Å². The van der Waals surface area contributed by atoms with Crippen molar-refractivity contribution in [1.82, 2.24) is 0 Å². The normalized spacial score (nSPS) is 37.7. The molecule has 0 spiro atoms. The minimum atomic E-state index is -0.299. The summed E-state index contributed by atoms with van der Waals surface area (Å²) in [7, 11) is 1.75. The molecule has 0 amide bonds. The van der Waals surface area contributed by atoms with E-state index >= 15 is 0 Å². The van der Waals surface area contributed by atoms with E-state index in [0.717, 1.165) is 6.42 Å². The topological polar surface area (TPSA) is 52.6 Å². The van der Waals surface area contributed by atoms with Crippen molar-refractivity contribution in [2.24, 2.45) is 11.8 Å². The number of carbonyl (C=O) groups is 2. The predicted molar refractivity (Wildman–Crippen MR) is 83.2 cm³/mol. The third-order valence-electron chi connectivity index (χ3n) is 5.24. The van der Waals surface area contributed by atoms with E-state index in [1.54, 1.807) is 31.4 Å². The number of ether oxygens (including phenoxy) is 2. The highest BCUT2D eigenvalue weighted by Gasteiger charge is 2.67. The van der Waals surface area contributed by atoms with Crippen LogP contribution in [0, 0.1) is 11.8 Å². The van der Waals surface area contributed by atoms with E-state index in [1.807, 2.05) is 11.8 Å². The first-order valence-corrected chi connectivity index (χ1v) is 8.54. The molecule has 116 valence electrons. The molecule has 3 aliphatic rings. The van der Waals surface area contributed by atoms with Crippen molar-refractivity contribution in [3.05, 3.63) is 35.4 Å². The fourth-order valence-electron chi connectivity index (χ4n) is 4.14. The summed E-state index contributed by atoms with van der Waals surface area (Å²) >= 11 is 1.90. The Balaban J connectivity index is 1.47. The standard InChI is InChI=1S/C17H18O4S/c1-8(18)9-3-5-10(6-4-9)17(19)21-14-11-7-12-15(13(11)20-2)22-16(12)14/h3-6,11-16H,7H2,1-2H3/t11-,12+,13?,14?,15?,16?/m1/s1. The molecule has 5 heteroatoms. The first kappa shape index (κ1) is 14.3. The summed E-state index contributed by atoms with van der Waals surface area (Å²) in [5.41, 5.74) is 1.11. The van der Waals surface area contributed by atoms with E-state index in [4.69, 9.17) is 9.47 Å². The monoisotopic (exact) mass is 318 g/mol. The molecule has 2 aliphatic carbocycles. The summed E-state index contributed by atoms with van der Waals surface area (Å²) in [6.45, 7) is 1.51. The molecular formula is C17H18O4S. The molecule has 1 aromatic rings. The molecule has 0 aromatic heterocycles. The number of esters is 1. The molecule has 1 saturated heterocycles. The van der Waals surface area contributed by atoms with Gasteiger partial charge in [0.15, 0.2) is 5.78 Å². The summed E-state index contributed by atoms with van der Waals surface area (Å²) in [5, 5.41) is 1.05. The Hall–Kier alpha value is -1.33. The van der Waals surface area contributed by atoms with Crippen LogP contribution in [-0.4, -0.2) is 41.6 Å². The quantitative estimate of drug-likeness (QED) is 0.631. The lowest BCUT2D eigenvalue weighted by molar-refractivity contribution is -0.0307. The summed E-state index contributed by atoms with van der Waals surface area (Å²) < 4.78 is 11.4. The second kappa shape index (κ2) is 5.10. The van der Waals surface area contributed by atoms with E-state index in [2.05, 4.69) is 0 Å². The van der Waals surface area contributed by atoms with Gasteiger partial charge in [0.2, 0.25) is 0 Å². The van der Waals surface area contributed by atoms with Gasteiger partial charge in [-0.15, -0.1) is 11.8 Å². The molecule has 4 rings (SSSR count). The Morgan fingerprint density at radius 2 is 1.68 bits per heavy atom. The molecule has 0 radical (unpaired) electrons. The first-order chi connectivity index (χ1) is 10.6. The lowest BCUT2D eigenvalue weighted by Crippen LogP contribution is -2.55. The number of thioether (sulfide) groups is 1. The van der Waals surface area contributed by atoms with Crippen molar-refractivity contribution in [3.8, 4) is 0 Å². The molecular weight excluding hydrogens is 300 g/mol. The second-order valence-corrected chi connectivity index (χ2v) is 7.69. The Morgan fingerprint density at radius 1 is 1.05 bits per heavy atom. The maximum atomic E-state index is 12.4. The number of Topliss-reactive ketones (excluding diaryl/α,β-unsaturated/α-hetero) is 1. The highest BCUT2D eigenvalue weighted by Crippen LogP contribution is 2.65. The lowest BCUT2D eigenvalue weighted by atomic mass is 9.92. The number of carbonyl (C=O) groups excluding carboxylic acids is 2. The van der Waals surface area contributed by atoms with Gasteiger partial charge in [-0.05, 0) is 31.4 Å². The molecule has 0 N–H and O–H groups in total. The first-order valence-electron chi connectivity index (χ1n) is 7.60. The maximum Gasteiger partial charge on any atom is 0.338 e. The summed E-state index contributed by atoms with van der Waals surface area (Å²) in [4.78, 5) is 23.6. The van der Waals surface area contributed by atoms with Crippen LogP contribution in [0.25, 0.3) is 0 Å². The Kier molecular flexibility index (Phi) is 3.31. The molecule has 4 nitrogen and oxygen atoms in total. The van der Waals surface area contributed by atoms with Crippen molar-refractivity contribution in [2.75, 3.05) is 7.11 Å². The van der Waals surface area contributed by atoms with Crippen LogP contribution >= 0.6 is 11.8 Å². The third kappa shape index (κ3) is 1.95. The van der Waals surface area contributed by atoms with Crippen LogP contribution in [0.5, 0.6) is 0 Å². The maximum absolute atomic E-state index is 12.4. The molecule has 2 saturated carbocycles. The van der Waals surface area contributed by atoms with Gasteiger partial charge in [-0.1, -0.05) is 12.1 Å². The van der Waals surface area contributed by atoms with Crippen LogP contribution in [0.3, 0.4) is 0 Å². The smallest absolute Gasteiger partial charge is 0.338 e. The van der Waals surface area contributed by atoms with Gasteiger partial charge in [-0.3, -0.25) is 4.79 Å². The van der Waals surface area contributed by atoms with Gasteiger partial charge in [-0.2, -0.15) is 0 Å². The number of fused-ring (bicyclic) bond motifs is 1. The van der Waals surface area contributed by atoms with Crippen molar-refractivity contribution in [1.29, 1.82) is 0 Å². The van der Waals surface area contributed by atoms with Crippen molar-refractivity contribution in [2.45, 2.75) is 36.1 Å². The fourth-order valence-corrected chi connectivity index (χ4v) is 6.08. The van der Waals surface area contributed by atoms with Crippen LogP contribution in [0.4, 0.5) is 0 Å². The van der Waals surface area contributed by atoms with Gasteiger partial charge in [0, 0.05) is 29.1 Å². The second-order valence-electron chi connectivity index (χ2n) is 6.33. The van der Waals surface area contributed by atoms with E-state index < -0.39 is 0 Å². The number of hydrogen-bond acceptors (Lipinski definition) is 5. The summed E-state index contributed by atoms with van der Waals surface area (Å²) in [6.07, 6.45) is 1.30. The third-order valence-corrected chi connectivity index (χ3v) is 7.10. The highest BCUT2D eigenvalue weighted by atomic mass is 32.2. The number of benzene rings is 1. The van der Waals surface area contributed by atoms with E-state index in [9.17, 15) is 9.59 Å². The Labute approximate surface area is 133 Å². The van der Waals surface area contributed by atoms with Crippen molar-refractivity contribution in [3.63, 3.8) is 0 Å². The zero-order valence-corrected chi connectivity index (χ0v) is 13.3. The van der Waals surface area contributed by atoms with Gasteiger partial charge in [-0.25, -0.2) is 4.79 Å². The zero-order valence-electron chi connectivity index (χ0n) is 12.5. The average molecular weight is 318 g/mol. The Morgan fingerprint density at radius 3 is 2.27 bits per heavy atom. The molecule has 1 heterocycles. The van der Waals surface area contributed by atoms with Crippen LogP contribution < -0.4 is 0 Å². The molecule has 1 aromatic carbocycles. The zero-order chi connectivity index (χ0) is 15.4. The van der Waals surface area contributed by atoms with Gasteiger partial charge in [0.05, 0.1) is 11.7 Å². The van der Waals surface area contributed by atoms with E-state index in [-0.39, 0.29) is 24.0 Å². The largest absolute Gasteiger partial charge is 0.457 e. The molecule has 2 bridgehead atoms. The number of hydrogen-bond donors (Lipinski definition) is 0. The van der Waals surface area contributed by atoms with Crippen molar-refractivity contribution < 1.29 is 19.1 Å². The number of ketones is 1. The van der Waals surface area contributed by atoms with Gasteiger partial charge < -0.3 is 9.47 Å². The Bertz CT molecular complexity index is 626. The number of rotatable bonds is 4. The minimum absolute atomic E-state index is 0.00661. The summed E-state index contributed by atoms with van der Waals surface area (Å²) in [5.74, 6) is 0.684. The van der Waals surface area contributed by atoms with Crippen LogP contribution in [0.15, 0.2) is 24.3 Å². The highest BCUT2D eigenvalue weighted by molar-refractivity contribution is 8.02. The van der Waals surface area contributed by atoms with Gasteiger partial charge >= 0.3 is 5.97 Å². The van der Waals surface area contributed by atoms with Crippen LogP contribution in [0.2, 0.25) is 0 Å². The van der Waals surface area contributed by atoms with Gasteiger partial charge in [0.25, 0.3) is 0 Å². The van der Waals surface area contributed by atoms with Crippen LogP contribution in [-0.2, 0) is 9.47 Å². The van der Waals surface area contributed by atoms with Crippen molar-refractivity contribution >= 4 is 23.5 Å². The molecule has 22 heavy (non-hydrogen) atoms.